The molecule has 0 radical (unpaired) electrons. The Balaban J connectivity index is 1.58. The van der Waals surface area contributed by atoms with Crippen molar-refractivity contribution in [1.82, 2.24) is 24.1 Å². The highest BCUT2D eigenvalue weighted by molar-refractivity contribution is 7.89. The Morgan fingerprint density at radius 1 is 1.00 bits per heavy atom. The lowest BCUT2D eigenvalue weighted by atomic mass is 10.3. The summed E-state index contributed by atoms with van der Waals surface area (Å²) in [6.07, 6.45) is 0. The Kier molecular flexibility index (Phi) is 4.91. The number of anilines is 1. The maximum atomic E-state index is 13.0. The van der Waals surface area contributed by atoms with Crippen molar-refractivity contribution in [2.45, 2.75) is 18.7 Å². The van der Waals surface area contributed by atoms with Crippen molar-refractivity contribution in [2.24, 2.45) is 7.05 Å². The molecule has 10 heteroatoms. The monoisotopic (exact) mass is 416 g/mol. The molecular formula is C19H24N6O3S. The Hall–Kier alpha value is -2.72. The summed E-state index contributed by atoms with van der Waals surface area (Å²) in [6.45, 7) is 5.65. The second-order valence-corrected chi connectivity index (χ2v) is 9.01. The highest BCUT2D eigenvalue weighted by atomic mass is 32.2. The molecule has 4 rings (SSSR count). The summed E-state index contributed by atoms with van der Waals surface area (Å²) in [7, 11) is -0.116. The molecular weight excluding hydrogens is 392 g/mol. The van der Waals surface area contributed by atoms with Gasteiger partial charge in [0.25, 0.3) is 0 Å². The molecule has 0 spiro atoms. The SMILES string of the molecule is COc1ccc(S(=O)(=O)N2CCN(c3nc(C)nc4c(C)nn(C)c34)CC2)cc1. The third kappa shape index (κ3) is 3.42. The van der Waals surface area contributed by atoms with E-state index in [1.807, 2.05) is 20.9 Å². The zero-order valence-corrected chi connectivity index (χ0v) is 17.8. The summed E-state index contributed by atoms with van der Waals surface area (Å²) in [6, 6.07) is 6.48. The number of hydrogen-bond donors (Lipinski definition) is 0. The summed E-state index contributed by atoms with van der Waals surface area (Å²) >= 11 is 0. The molecule has 0 amide bonds. The van der Waals surface area contributed by atoms with Crippen LogP contribution in [-0.2, 0) is 17.1 Å². The fourth-order valence-electron chi connectivity index (χ4n) is 3.68. The molecule has 0 bridgehead atoms. The van der Waals surface area contributed by atoms with Crippen LogP contribution in [0.5, 0.6) is 5.75 Å². The molecule has 1 fully saturated rings. The summed E-state index contributed by atoms with van der Waals surface area (Å²) in [5.41, 5.74) is 2.57. The lowest BCUT2D eigenvalue weighted by Crippen LogP contribution is -2.49. The van der Waals surface area contributed by atoms with Gasteiger partial charge in [-0.2, -0.15) is 9.40 Å². The molecule has 3 aromatic rings. The van der Waals surface area contributed by atoms with E-state index in [1.165, 1.54) is 4.31 Å². The van der Waals surface area contributed by atoms with Gasteiger partial charge in [0.05, 0.1) is 17.7 Å². The van der Waals surface area contributed by atoms with Gasteiger partial charge in [-0.3, -0.25) is 4.68 Å². The lowest BCUT2D eigenvalue weighted by Gasteiger charge is -2.35. The zero-order valence-electron chi connectivity index (χ0n) is 17.0. The van der Waals surface area contributed by atoms with Crippen molar-refractivity contribution in [3.8, 4) is 5.75 Å². The zero-order chi connectivity index (χ0) is 20.8. The first kappa shape index (κ1) is 19.6. The standard InChI is InChI=1S/C19H24N6O3S/c1-13-17-18(23(3)22-13)19(21-14(2)20-17)24-9-11-25(12-10-24)29(26,27)16-7-5-15(28-4)6-8-16/h5-8H,9-12H2,1-4H3. The summed E-state index contributed by atoms with van der Waals surface area (Å²) < 4.78 is 34.4. The van der Waals surface area contributed by atoms with Crippen molar-refractivity contribution >= 4 is 26.9 Å². The molecule has 29 heavy (non-hydrogen) atoms. The Morgan fingerprint density at radius 2 is 1.66 bits per heavy atom. The van der Waals surface area contributed by atoms with Crippen LogP contribution in [0.3, 0.4) is 0 Å². The van der Waals surface area contributed by atoms with Gasteiger partial charge in [-0.25, -0.2) is 18.4 Å². The minimum absolute atomic E-state index is 0.272. The van der Waals surface area contributed by atoms with Crippen molar-refractivity contribution < 1.29 is 13.2 Å². The maximum absolute atomic E-state index is 13.0. The number of aromatic nitrogens is 4. The smallest absolute Gasteiger partial charge is 0.243 e. The number of rotatable bonds is 4. The molecule has 9 nitrogen and oxygen atoms in total. The van der Waals surface area contributed by atoms with E-state index in [0.29, 0.717) is 37.8 Å². The van der Waals surface area contributed by atoms with E-state index in [4.69, 9.17) is 4.74 Å². The van der Waals surface area contributed by atoms with Crippen LogP contribution in [0.15, 0.2) is 29.2 Å². The van der Waals surface area contributed by atoms with Crippen LogP contribution in [0.25, 0.3) is 11.0 Å². The van der Waals surface area contributed by atoms with Crippen molar-refractivity contribution in [1.29, 1.82) is 0 Å². The van der Waals surface area contributed by atoms with Gasteiger partial charge in [0.2, 0.25) is 10.0 Å². The van der Waals surface area contributed by atoms with E-state index >= 15 is 0 Å². The first-order valence-corrected chi connectivity index (χ1v) is 10.8. The molecule has 154 valence electrons. The number of benzene rings is 1. The number of methoxy groups -OCH3 is 1. The molecule has 0 atom stereocenters. The minimum Gasteiger partial charge on any atom is -0.497 e. The average molecular weight is 417 g/mol. The quantitative estimate of drug-likeness (QED) is 0.636. The normalized spacial score (nSPS) is 15.8. The summed E-state index contributed by atoms with van der Waals surface area (Å²) in [5, 5.41) is 4.47. The topological polar surface area (TPSA) is 93.5 Å². The van der Waals surface area contributed by atoms with Gasteiger partial charge < -0.3 is 9.64 Å². The predicted molar refractivity (Wildman–Crippen MR) is 110 cm³/mol. The van der Waals surface area contributed by atoms with Gasteiger partial charge >= 0.3 is 0 Å². The number of nitrogens with zero attached hydrogens (tertiary/aromatic N) is 6. The van der Waals surface area contributed by atoms with E-state index in [9.17, 15) is 8.42 Å². The molecule has 2 aromatic heterocycles. The van der Waals surface area contributed by atoms with E-state index in [0.717, 1.165) is 22.5 Å². The highest BCUT2D eigenvalue weighted by Gasteiger charge is 2.30. The molecule has 1 aromatic carbocycles. The molecule has 1 saturated heterocycles. The lowest BCUT2D eigenvalue weighted by molar-refractivity contribution is 0.383. The number of ether oxygens (including phenoxy) is 1. The van der Waals surface area contributed by atoms with E-state index in [2.05, 4.69) is 20.0 Å². The molecule has 1 aliphatic heterocycles. The van der Waals surface area contributed by atoms with Crippen LogP contribution in [-0.4, -0.2) is 65.8 Å². The van der Waals surface area contributed by atoms with Gasteiger partial charge in [-0.15, -0.1) is 0 Å². The Bertz CT molecular complexity index is 1150. The molecule has 3 heterocycles. The highest BCUT2D eigenvalue weighted by Crippen LogP contribution is 2.27. The van der Waals surface area contributed by atoms with Crippen LogP contribution in [0.2, 0.25) is 0 Å². The second-order valence-electron chi connectivity index (χ2n) is 7.07. The minimum atomic E-state index is -3.55. The molecule has 0 saturated carbocycles. The number of hydrogen-bond acceptors (Lipinski definition) is 7. The number of aryl methyl sites for hydroxylation is 3. The number of piperazine rings is 1. The number of sulfonamides is 1. The number of fused-ring (bicyclic) bond motifs is 1. The van der Waals surface area contributed by atoms with Crippen LogP contribution >= 0.6 is 0 Å². The van der Waals surface area contributed by atoms with E-state index in [1.54, 1.807) is 36.1 Å². The van der Waals surface area contributed by atoms with Gasteiger partial charge in [-0.05, 0) is 38.1 Å². The third-order valence-corrected chi connectivity index (χ3v) is 7.09. The van der Waals surface area contributed by atoms with Gasteiger partial charge in [-0.1, -0.05) is 0 Å². The van der Waals surface area contributed by atoms with Crippen molar-refractivity contribution in [3.05, 3.63) is 35.8 Å². The fraction of sp³-hybridized carbons (Fsp3) is 0.421. The third-order valence-electron chi connectivity index (χ3n) is 5.18. The molecule has 0 N–H and O–H groups in total. The Morgan fingerprint density at radius 3 is 2.28 bits per heavy atom. The average Bonchev–Trinajstić information content (AvgIpc) is 3.01. The van der Waals surface area contributed by atoms with Gasteiger partial charge in [0, 0.05) is 33.2 Å². The fourth-order valence-corrected chi connectivity index (χ4v) is 5.10. The largest absolute Gasteiger partial charge is 0.497 e. The molecule has 0 aliphatic carbocycles. The first-order chi connectivity index (χ1) is 13.8. The van der Waals surface area contributed by atoms with Crippen molar-refractivity contribution in [3.63, 3.8) is 0 Å². The van der Waals surface area contributed by atoms with Crippen LogP contribution in [0.4, 0.5) is 5.82 Å². The van der Waals surface area contributed by atoms with Crippen molar-refractivity contribution in [2.75, 3.05) is 38.2 Å². The summed E-state index contributed by atoms with van der Waals surface area (Å²) in [4.78, 5) is 11.5. The molecule has 0 unspecified atom stereocenters. The summed E-state index contributed by atoms with van der Waals surface area (Å²) in [5.74, 6) is 2.11. The molecule has 1 aliphatic rings. The van der Waals surface area contributed by atoms with E-state index < -0.39 is 10.0 Å². The maximum Gasteiger partial charge on any atom is 0.243 e. The van der Waals surface area contributed by atoms with Gasteiger partial charge in [0.1, 0.15) is 22.6 Å². The van der Waals surface area contributed by atoms with Crippen LogP contribution in [0.1, 0.15) is 11.5 Å². The van der Waals surface area contributed by atoms with Crippen LogP contribution < -0.4 is 9.64 Å². The second kappa shape index (κ2) is 7.27. The van der Waals surface area contributed by atoms with Crippen LogP contribution in [0, 0.1) is 13.8 Å². The van der Waals surface area contributed by atoms with E-state index in [-0.39, 0.29) is 4.90 Å². The van der Waals surface area contributed by atoms with Gasteiger partial charge in [0.15, 0.2) is 5.82 Å². The first-order valence-electron chi connectivity index (χ1n) is 9.38. The predicted octanol–water partition coefficient (Wildman–Crippen LogP) is 1.50. The Labute approximate surface area is 170 Å².